The largest absolute Gasteiger partial charge is 0.394 e. The summed E-state index contributed by atoms with van der Waals surface area (Å²) >= 11 is 0. The molecule has 0 radical (unpaired) electrons. The van der Waals surface area contributed by atoms with Crippen LogP contribution >= 0.6 is 0 Å². The number of hydrogen-bond acceptors (Lipinski definition) is 4. The van der Waals surface area contributed by atoms with Crippen molar-refractivity contribution in [3.8, 4) is 0 Å². The Morgan fingerprint density at radius 3 is 2.60 bits per heavy atom. The molecule has 15 heavy (non-hydrogen) atoms. The van der Waals surface area contributed by atoms with Crippen molar-refractivity contribution in [1.29, 1.82) is 0 Å². The topological polar surface area (TPSA) is 81.6 Å². The zero-order valence-electron chi connectivity index (χ0n) is 9.49. The van der Waals surface area contributed by atoms with Crippen LogP contribution in [0.1, 0.15) is 20.3 Å². The molecule has 90 valence electrons. The summed E-state index contributed by atoms with van der Waals surface area (Å²) in [6, 6.07) is 0. The molecule has 0 aromatic heterocycles. The van der Waals surface area contributed by atoms with Crippen LogP contribution in [0, 0.1) is 0 Å². The lowest BCUT2D eigenvalue weighted by Crippen LogP contribution is -2.34. The molecule has 0 heterocycles. The Morgan fingerprint density at radius 2 is 2.13 bits per heavy atom. The van der Waals surface area contributed by atoms with Crippen LogP contribution in [0.4, 0.5) is 0 Å². The number of carbonyl (C=O) groups is 1. The van der Waals surface area contributed by atoms with Gasteiger partial charge in [0.25, 0.3) is 0 Å². The SMILES string of the molecule is C=CNCC(=O)NCCC(O)CO.CC. The molecule has 0 rings (SSSR count). The van der Waals surface area contributed by atoms with Crippen LogP contribution in [0.3, 0.4) is 0 Å². The fraction of sp³-hybridized carbons (Fsp3) is 0.700. The summed E-state index contributed by atoms with van der Waals surface area (Å²) in [5.41, 5.74) is 0. The molecule has 0 aromatic carbocycles. The summed E-state index contributed by atoms with van der Waals surface area (Å²) in [7, 11) is 0. The van der Waals surface area contributed by atoms with Crippen molar-refractivity contribution >= 4 is 5.91 Å². The number of amides is 1. The van der Waals surface area contributed by atoms with Gasteiger partial charge in [0, 0.05) is 6.54 Å². The lowest BCUT2D eigenvalue weighted by molar-refractivity contribution is -0.120. The predicted molar refractivity (Wildman–Crippen MR) is 60.3 cm³/mol. The first-order chi connectivity index (χ1) is 7.20. The Labute approximate surface area is 91.2 Å². The summed E-state index contributed by atoms with van der Waals surface area (Å²) in [5, 5.41) is 22.6. The van der Waals surface area contributed by atoms with E-state index in [-0.39, 0.29) is 19.1 Å². The van der Waals surface area contributed by atoms with Crippen LogP contribution in [0.5, 0.6) is 0 Å². The van der Waals surface area contributed by atoms with Gasteiger partial charge in [-0.1, -0.05) is 20.4 Å². The van der Waals surface area contributed by atoms with Gasteiger partial charge in [-0.15, -0.1) is 0 Å². The van der Waals surface area contributed by atoms with E-state index in [1.807, 2.05) is 13.8 Å². The minimum atomic E-state index is -0.757. The minimum absolute atomic E-state index is 0.162. The molecule has 0 fully saturated rings. The number of hydrogen-bond donors (Lipinski definition) is 4. The second-order valence-corrected chi connectivity index (χ2v) is 2.56. The van der Waals surface area contributed by atoms with Gasteiger partial charge < -0.3 is 20.8 Å². The molecule has 0 aliphatic carbocycles. The molecule has 5 heteroatoms. The summed E-state index contributed by atoms with van der Waals surface area (Å²) in [5.74, 6) is -0.162. The van der Waals surface area contributed by atoms with E-state index in [9.17, 15) is 4.79 Å². The molecular weight excluding hydrogens is 196 g/mol. The zero-order chi connectivity index (χ0) is 12.1. The highest BCUT2D eigenvalue weighted by atomic mass is 16.3. The second kappa shape index (κ2) is 12.9. The van der Waals surface area contributed by atoms with Crippen LogP contribution in [0.2, 0.25) is 0 Å². The Balaban J connectivity index is 0. The lowest BCUT2D eigenvalue weighted by atomic mass is 10.3. The highest BCUT2D eigenvalue weighted by molar-refractivity contribution is 5.78. The van der Waals surface area contributed by atoms with Gasteiger partial charge in [0.05, 0.1) is 19.3 Å². The molecule has 1 amide bonds. The lowest BCUT2D eigenvalue weighted by Gasteiger charge is -2.08. The van der Waals surface area contributed by atoms with Crippen molar-refractivity contribution < 1.29 is 15.0 Å². The molecule has 0 bridgehead atoms. The third kappa shape index (κ3) is 12.9. The van der Waals surface area contributed by atoms with Gasteiger partial charge in [-0.2, -0.15) is 0 Å². The van der Waals surface area contributed by atoms with Crippen LogP contribution < -0.4 is 10.6 Å². The second-order valence-electron chi connectivity index (χ2n) is 2.56. The molecule has 0 spiro atoms. The number of nitrogens with one attached hydrogen (secondary N) is 2. The zero-order valence-corrected chi connectivity index (χ0v) is 9.49. The van der Waals surface area contributed by atoms with Gasteiger partial charge >= 0.3 is 0 Å². The van der Waals surface area contributed by atoms with Gasteiger partial charge in [-0.25, -0.2) is 0 Å². The Hall–Kier alpha value is -1.07. The van der Waals surface area contributed by atoms with E-state index in [1.165, 1.54) is 6.20 Å². The molecule has 1 unspecified atom stereocenters. The summed E-state index contributed by atoms with van der Waals surface area (Å²) in [4.78, 5) is 10.9. The average Bonchev–Trinajstić information content (AvgIpc) is 2.28. The first kappa shape index (κ1) is 16.4. The maximum Gasteiger partial charge on any atom is 0.239 e. The first-order valence-electron chi connectivity index (χ1n) is 5.10. The molecule has 4 N–H and O–H groups in total. The Morgan fingerprint density at radius 1 is 1.53 bits per heavy atom. The van der Waals surface area contributed by atoms with Crippen LogP contribution in [-0.4, -0.2) is 41.9 Å². The van der Waals surface area contributed by atoms with Crippen molar-refractivity contribution in [2.75, 3.05) is 19.7 Å². The number of aliphatic hydroxyl groups is 2. The van der Waals surface area contributed by atoms with E-state index in [0.717, 1.165) is 0 Å². The van der Waals surface area contributed by atoms with Crippen molar-refractivity contribution in [3.05, 3.63) is 12.8 Å². The molecule has 5 nitrogen and oxygen atoms in total. The maximum absolute atomic E-state index is 10.9. The van der Waals surface area contributed by atoms with E-state index < -0.39 is 6.10 Å². The van der Waals surface area contributed by atoms with Gasteiger partial charge in [0.1, 0.15) is 0 Å². The molecule has 0 aliphatic heterocycles. The quantitative estimate of drug-likeness (QED) is 0.469. The third-order valence-corrected chi connectivity index (χ3v) is 1.42. The number of rotatable bonds is 7. The normalized spacial score (nSPS) is 10.7. The van der Waals surface area contributed by atoms with Crippen molar-refractivity contribution in [2.24, 2.45) is 0 Å². The van der Waals surface area contributed by atoms with E-state index in [0.29, 0.717) is 13.0 Å². The van der Waals surface area contributed by atoms with Crippen LogP contribution in [0.25, 0.3) is 0 Å². The van der Waals surface area contributed by atoms with E-state index in [1.54, 1.807) is 0 Å². The van der Waals surface area contributed by atoms with E-state index in [4.69, 9.17) is 10.2 Å². The van der Waals surface area contributed by atoms with E-state index >= 15 is 0 Å². The third-order valence-electron chi connectivity index (χ3n) is 1.42. The van der Waals surface area contributed by atoms with Crippen LogP contribution in [-0.2, 0) is 4.79 Å². The fourth-order valence-electron chi connectivity index (χ4n) is 0.697. The van der Waals surface area contributed by atoms with E-state index in [2.05, 4.69) is 17.2 Å². The van der Waals surface area contributed by atoms with Gasteiger partial charge in [-0.05, 0) is 12.6 Å². The van der Waals surface area contributed by atoms with Crippen molar-refractivity contribution in [1.82, 2.24) is 10.6 Å². The summed E-state index contributed by atoms with van der Waals surface area (Å²) in [6.45, 7) is 7.65. The highest BCUT2D eigenvalue weighted by Gasteiger charge is 2.02. The molecule has 0 saturated carbocycles. The molecular formula is C10H22N2O3. The molecule has 0 aromatic rings. The van der Waals surface area contributed by atoms with Crippen molar-refractivity contribution in [2.45, 2.75) is 26.4 Å². The van der Waals surface area contributed by atoms with Crippen LogP contribution in [0.15, 0.2) is 12.8 Å². The maximum atomic E-state index is 10.9. The number of carbonyl (C=O) groups excluding carboxylic acids is 1. The molecule has 0 saturated heterocycles. The summed E-state index contributed by atoms with van der Waals surface area (Å²) < 4.78 is 0. The Bertz CT molecular complexity index is 163. The highest BCUT2D eigenvalue weighted by Crippen LogP contribution is 1.86. The Kier molecular flexibility index (Phi) is 14.1. The number of aliphatic hydroxyl groups excluding tert-OH is 2. The predicted octanol–water partition coefficient (Wildman–Crippen LogP) is -0.395. The van der Waals surface area contributed by atoms with Gasteiger partial charge in [0.15, 0.2) is 0 Å². The van der Waals surface area contributed by atoms with Crippen molar-refractivity contribution in [3.63, 3.8) is 0 Å². The molecule has 0 aliphatic rings. The summed E-state index contributed by atoms with van der Waals surface area (Å²) in [6.07, 6.45) is 1.03. The standard InChI is InChI=1S/C8H16N2O3.C2H6/c1-2-9-5-8(13)10-4-3-7(12)6-11;1-2/h2,7,9,11-12H,1,3-6H2,(H,10,13);1-2H3. The van der Waals surface area contributed by atoms with Gasteiger partial charge in [-0.3, -0.25) is 4.79 Å². The fourth-order valence-corrected chi connectivity index (χ4v) is 0.697. The molecule has 1 atom stereocenters. The first-order valence-corrected chi connectivity index (χ1v) is 5.10. The monoisotopic (exact) mass is 218 g/mol. The van der Waals surface area contributed by atoms with Gasteiger partial charge in [0.2, 0.25) is 5.91 Å². The minimum Gasteiger partial charge on any atom is -0.394 e. The average molecular weight is 218 g/mol. The smallest absolute Gasteiger partial charge is 0.239 e.